The molecule has 0 amide bonds. The zero-order chi connectivity index (χ0) is 10.2. The Morgan fingerprint density at radius 1 is 1.15 bits per heavy atom. The standard InChI is InChI=1S/C10H12NOSi/c1-5-6(2)8(4-12)9(11)10(13)7(5)3/h4H,11H2,1-3H3. The molecule has 0 bridgehead atoms. The Hall–Kier alpha value is -1.09. The number of carbonyl (C=O) groups excluding carboxylic acids is 1. The number of nitrogen functional groups attached to an aromatic ring is 1. The summed E-state index contributed by atoms with van der Waals surface area (Å²) < 4.78 is 0. The lowest BCUT2D eigenvalue weighted by molar-refractivity contribution is 0.112. The van der Waals surface area contributed by atoms with Gasteiger partial charge in [-0.1, -0.05) is 0 Å². The SMILES string of the molecule is Cc1c(C)c([Si])c(N)c(C=O)c1C. The topological polar surface area (TPSA) is 43.1 Å². The van der Waals surface area contributed by atoms with Crippen LogP contribution in [0, 0.1) is 20.8 Å². The van der Waals surface area contributed by atoms with Crippen molar-refractivity contribution in [1.29, 1.82) is 0 Å². The van der Waals surface area contributed by atoms with Crippen molar-refractivity contribution in [2.24, 2.45) is 0 Å². The Kier molecular flexibility index (Phi) is 2.57. The highest BCUT2D eigenvalue weighted by Crippen LogP contribution is 2.19. The maximum atomic E-state index is 10.8. The second-order valence-corrected chi connectivity index (χ2v) is 3.70. The lowest BCUT2D eigenvalue weighted by Crippen LogP contribution is -2.19. The van der Waals surface area contributed by atoms with Crippen molar-refractivity contribution in [3.05, 3.63) is 22.3 Å². The van der Waals surface area contributed by atoms with Gasteiger partial charge in [-0.3, -0.25) is 4.79 Å². The molecule has 3 radical (unpaired) electrons. The Balaban J connectivity index is 3.66. The van der Waals surface area contributed by atoms with Crippen molar-refractivity contribution in [3.63, 3.8) is 0 Å². The van der Waals surface area contributed by atoms with Gasteiger partial charge in [0.25, 0.3) is 0 Å². The van der Waals surface area contributed by atoms with Gasteiger partial charge in [-0.25, -0.2) is 0 Å². The maximum absolute atomic E-state index is 10.8. The first-order valence-corrected chi connectivity index (χ1v) is 4.56. The average molecular weight is 190 g/mol. The summed E-state index contributed by atoms with van der Waals surface area (Å²) in [6.07, 6.45) is 0.806. The second kappa shape index (κ2) is 3.34. The zero-order valence-electron chi connectivity index (χ0n) is 8.06. The minimum absolute atomic E-state index is 0.535. The van der Waals surface area contributed by atoms with Crippen molar-refractivity contribution in [2.75, 3.05) is 5.73 Å². The van der Waals surface area contributed by atoms with Crippen molar-refractivity contribution < 1.29 is 4.79 Å². The van der Waals surface area contributed by atoms with Gasteiger partial charge >= 0.3 is 0 Å². The minimum Gasteiger partial charge on any atom is -0.398 e. The molecule has 0 fully saturated rings. The van der Waals surface area contributed by atoms with E-state index in [1.807, 2.05) is 20.8 Å². The predicted molar refractivity (Wildman–Crippen MR) is 55.8 cm³/mol. The van der Waals surface area contributed by atoms with E-state index in [1.54, 1.807) is 0 Å². The molecule has 0 aromatic heterocycles. The van der Waals surface area contributed by atoms with Gasteiger partial charge in [-0.15, -0.1) is 0 Å². The van der Waals surface area contributed by atoms with Crippen molar-refractivity contribution in [3.8, 4) is 0 Å². The monoisotopic (exact) mass is 190 g/mol. The molecule has 13 heavy (non-hydrogen) atoms. The molecule has 0 unspecified atom stereocenters. The average Bonchev–Trinajstić information content (AvgIpc) is 2.13. The third-order valence-electron chi connectivity index (χ3n) is 2.58. The van der Waals surface area contributed by atoms with Crippen molar-refractivity contribution >= 4 is 27.4 Å². The summed E-state index contributed by atoms with van der Waals surface area (Å²) in [6, 6.07) is 0. The van der Waals surface area contributed by atoms with Gasteiger partial charge in [0.05, 0.1) is 10.2 Å². The van der Waals surface area contributed by atoms with E-state index in [2.05, 4.69) is 10.2 Å². The van der Waals surface area contributed by atoms with Crippen molar-refractivity contribution in [1.82, 2.24) is 0 Å². The van der Waals surface area contributed by atoms with Crippen LogP contribution in [0.4, 0.5) is 5.69 Å². The fraction of sp³-hybridized carbons (Fsp3) is 0.300. The molecule has 0 saturated heterocycles. The summed E-state index contributed by atoms with van der Waals surface area (Å²) in [5.74, 6) is 0. The Morgan fingerprint density at radius 2 is 1.69 bits per heavy atom. The molecule has 2 N–H and O–H groups in total. The number of rotatable bonds is 1. The molecule has 3 heteroatoms. The quantitative estimate of drug-likeness (QED) is 0.404. The molecule has 0 saturated carbocycles. The molecular formula is C10H12NOSi. The molecule has 1 aromatic carbocycles. The van der Waals surface area contributed by atoms with Gasteiger partial charge in [0, 0.05) is 11.3 Å². The van der Waals surface area contributed by atoms with E-state index < -0.39 is 0 Å². The van der Waals surface area contributed by atoms with Gasteiger partial charge in [0.15, 0.2) is 6.29 Å². The third-order valence-corrected chi connectivity index (χ3v) is 3.23. The van der Waals surface area contributed by atoms with Gasteiger partial charge < -0.3 is 5.73 Å². The molecule has 0 atom stereocenters. The van der Waals surface area contributed by atoms with E-state index >= 15 is 0 Å². The first-order chi connectivity index (χ1) is 6.00. The summed E-state index contributed by atoms with van der Waals surface area (Å²) in [5.41, 5.74) is 10.1. The highest BCUT2D eigenvalue weighted by atomic mass is 28.1. The summed E-state index contributed by atoms with van der Waals surface area (Å²) in [7, 11) is 3.42. The van der Waals surface area contributed by atoms with E-state index in [0.717, 1.165) is 28.2 Å². The Morgan fingerprint density at radius 3 is 2.15 bits per heavy atom. The van der Waals surface area contributed by atoms with Crippen LogP contribution in [0.3, 0.4) is 0 Å². The number of anilines is 1. The predicted octanol–water partition coefficient (Wildman–Crippen LogP) is 0.800. The van der Waals surface area contributed by atoms with E-state index in [-0.39, 0.29) is 0 Å². The Labute approximate surface area is 81.6 Å². The lowest BCUT2D eigenvalue weighted by Gasteiger charge is -2.14. The molecule has 1 rings (SSSR count). The molecule has 0 spiro atoms. The molecule has 0 aliphatic carbocycles. The van der Waals surface area contributed by atoms with Crippen LogP contribution in [0.1, 0.15) is 27.0 Å². The van der Waals surface area contributed by atoms with Crippen LogP contribution in [0.2, 0.25) is 0 Å². The fourth-order valence-electron chi connectivity index (χ4n) is 1.36. The highest BCUT2D eigenvalue weighted by Gasteiger charge is 2.11. The largest absolute Gasteiger partial charge is 0.398 e. The smallest absolute Gasteiger partial charge is 0.152 e. The minimum atomic E-state index is 0.535. The summed E-state index contributed by atoms with van der Waals surface area (Å²) in [5, 5.41) is 0.824. The van der Waals surface area contributed by atoms with Crippen molar-refractivity contribution in [2.45, 2.75) is 20.8 Å². The summed E-state index contributed by atoms with van der Waals surface area (Å²) in [6.45, 7) is 5.88. The van der Waals surface area contributed by atoms with E-state index in [4.69, 9.17) is 5.73 Å². The first-order valence-electron chi connectivity index (χ1n) is 4.06. The highest BCUT2D eigenvalue weighted by molar-refractivity contribution is 6.37. The maximum Gasteiger partial charge on any atom is 0.152 e. The molecule has 0 aliphatic heterocycles. The second-order valence-electron chi connectivity index (χ2n) is 3.20. The zero-order valence-corrected chi connectivity index (χ0v) is 9.06. The van der Waals surface area contributed by atoms with Crippen LogP contribution in [0.25, 0.3) is 0 Å². The number of aldehydes is 1. The number of nitrogens with two attached hydrogens (primary N) is 1. The van der Waals surface area contributed by atoms with Crippen LogP contribution in [0.15, 0.2) is 0 Å². The third kappa shape index (κ3) is 1.39. The fourth-order valence-corrected chi connectivity index (χ4v) is 1.68. The van der Waals surface area contributed by atoms with E-state index in [1.165, 1.54) is 0 Å². The molecule has 1 aromatic rings. The molecular weight excluding hydrogens is 178 g/mol. The van der Waals surface area contributed by atoms with Crippen LogP contribution in [-0.2, 0) is 0 Å². The summed E-state index contributed by atoms with van der Waals surface area (Å²) in [4.78, 5) is 10.8. The number of hydrogen-bond donors (Lipinski definition) is 1. The molecule has 2 nitrogen and oxygen atoms in total. The molecule has 67 valence electrons. The van der Waals surface area contributed by atoms with Crippen LogP contribution >= 0.6 is 0 Å². The van der Waals surface area contributed by atoms with E-state index in [0.29, 0.717) is 11.3 Å². The van der Waals surface area contributed by atoms with Crippen LogP contribution in [-0.4, -0.2) is 16.5 Å². The number of carbonyl (C=O) groups is 1. The lowest BCUT2D eigenvalue weighted by atomic mass is 9.97. The normalized spacial score (nSPS) is 10.2. The van der Waals surface area contributed by atoms with E-state index in [9.17, 15) is 4.79 Å². The number of hydrogen-bond acceptors (Lipinski definition) is 2. The molecule has 0 aliphatic rings. The van der Waals surface area contributed by atoms with Gasteiger partial charge in [-0.2, -0.15) is 0 Å². The van der Waals surface area contributed by atoms with Gasteiger partial charge in [-0.05, 0) is 42.6 Å². The number of benzene rings is 1. The first kappa shape index (κ1) is 9.99. The van der Waals surface area contributed by atoms with Crippen LogP contribution in [0.5, 0.6) is 0 Å². The summed E-state index contributed by atoms with van der Waals surface area (Å²) >= 11 is 0. The molecule has 0 heterocycles. The Bertz CT molecular complexity index is 343. The van der Waals surface area contributed by atoms with Gasteiger partial charge in [0.2, 0.25) is 0 Å². The van der Waals surface area contributed by atoms with Crippen LogP contribution < -0.4 is 10.9 Å². The van der Waals surface area contributed by atoms with Gasteiger partial charge in [0.1, 0.15) is 0 Å².